The summed E-state index contributed by atoms with van der Waals surface area (Å²) in [6.07, 6.45) is 5.55. The Morgan fingerprint density at radius 1 is 1.04 bits per heavy atom. The highest BCUT2D eigenvalue weighted by Gasteiger charge is 2.50. The maximum Gasteiger partial charge on any atom is 0.338 e. The van der Waals surface area contributed by atoms with Crippen LogP contribution in [0.5, 0.6) is 0 Å². The molecule has 2 fully saturated rings. The van der Waals surface area contributed by atoms with Crippen molar-refractivity contribution in [3.63, 3.8) is 0 Å². The smallest absolute Gasteiger partial charge is 0.338 e. The average molecular weight is 385 g/mol. The van der Waals surface area contributed by atoms with Crippen LogP contribution in [0.3, 0.4) is 0 Å². The molecule has 4 rings (SSSR count). The van der Waals surface area contributed by atoms with Crippen LogP contribution in [0.2, 0.25) is 5.02 Å². The van der Waals surface area contributed by atoms with Crippen molar-refractivity contribution in [3.8, 4) is 0 Å². The van der Waals surface area contributed by atoms with E-state index in [0.717, 1.165) is 18.4 Å². The lowest BCUT2D eigenvalue weighted by atomic mass is 9.63. The lowest BCUT2D eigenvalue weighted by molar-refractivity contribution is -0.145. The van der Waals surface area contributed by atoms with Crippen LogP contribution < -0.4 is 0 Å². The van der Waals surface area contributed by atoms with E-state index >= 15 is 0 Å². The molecular formula is C23H25ClO3. The van der Waals surface area contributed by atoms with Gasteiger partial charge in [0.15, 0.2) is 0 Å². The van der Waals surface area contributed by atoms with Gasteiger partial charge in [-0.2, -0.15) is 0 Å². The van der Waals surface area contributed by atoms with Crippen molar-refractivity contribution >= 4 is 17.6 Å². The van der Waals surface area contributed by atoms with Gasteiger partial charge in [0, 0.05) is 5.02 Å². The number of rotatable bonds is 3. The number of esters is 1. The van der Waals surface area contributed by atoms with Gasteiger partial charge >= 0.3 is 5.97 Å². The minimum atomic E-state index is -1.14. The van der Waals surface area contributed by atoms with Gasteiger partial charge in [0.25, 0.3) is 0 Å². The molecule has 0 aliphatic heterocycles. The van der Waals surface area contributed by atoms with Gasteiger partial charge in [0.1, 0.15) is 11.7 Å². The predicted octanol–water partition coefficient (Wildman–Crippen LogP) is 5.35. The molecule has 1 N–H and O–H groups in total. The number of hydrogen-bond donors (Lipinski definition) is 1. The summed E-state index contributed by atoms with van der Waals surface area (Å²) < 4.78 is 5.90. The number of benzene rings is 2. The van der Waals surface area contributed by atoms with E-state index in [1.165, 1.54) is 12.8 Å². The van der Waals surface area contributed by atoms with Crippen LogP contribution in [0, 0.1) is 11.8 Å². The third-order valence-corrected chi connectivity index (χ3v) is 6.51. The molecule has 0 amide bonds. The van der Waals surface area contributed by atoms with Crippen LogP contribution in [0.4, 0.5) is 0 Å². The van der Waals surface area contributed by atoms with Crippen LogP contribution in [-0.2, 0) is 10.3 Å². The van der Waals surface area contributed by atoms with E-state index in [4.69, 9.17) is 16.3 Å². The maximum atomic E-state index is 12.8. The molecule has 2 aliphatic rings. The first-order valence-corrected chi connectivity index (χ1v) is 10.2. The molecule has 2 aromatic carbocycles. The van der Waals surface area contributed by atoms with Gasteiger partial charge in [-0.25, -0.2) is 4.79 Å². The average Bonchev–Trinajstić information content (AvgIpc) is 2.69. The highest BCUT2D eigenvalue weighted by molar-refractivity contribution is 6.30. The molecule has 2 aliphatic carbocycles. The summed E-state index contributed by atoms with van der Waals surface area (Å²) >= 11 is 6.02. The highest BCUT2D eigenvalue weighted by Crippen LogP contribution is 2.49. The number of hydrogen-bond acceptors (Lipinski definition) is 3. The van der Waals surface area contributed by atoms with E-state index in [2.05, 4.69) is 0 Å². The summed E-state index contributed by atoms with van der Waals surface area (Å²) in [4.78, 5) is 12.8. The summed E-state index contributed by atoms with van der Waals surface area (Å²) in [6, 6.07) is 16.4. The molecule has 2 aromatic rings. The first-order chi connectivity index (χ1) is 13.1. The second kappa shape index (κ2) is 7.65. The number of aliphatic hydroxyl groups is 1. The number of halogens is 1. The van der Waals surface area contributed by atoms with Crippen LogP contribution in [0.15, 0.2) is 54.6 Å². The number of fused-ring (bicyclic) bond motifs is 1. The molecule has 0 spiro atoms. The molecule has 0 radical (unpaired) electrons. The third kappa shape index (κ3) is 3.76. The molecular weight excluding hydrogens is 360 g/mol. The van der Waals surface area contributed by atoms with Crippen molar-refractivity contribution in [2.75, 3.05) is 0 Å². The molecule has 0 saturated heterocycles. The predicted molar refractivity (Wildman–Crippen MR) is 106 cm³/mol. The second-order valence-electron chi connectivity index (χ2n) is 7.94. The van der Waals surface area contributed by atoms with E-state index < -0.39 is 17.7 Å². The zero-order valence-corrected chi connectivity index (χ0v) is 16.1. The van der Waals surface area contributed by atoms with Gasteiger partial charge in [-0.15, -0.1) is 0 Å². The summed E-state index contributed by atoms with van der Waals surface area (Å²) in [7, 11) is 0. The molecule has 0 bridgehead atoms. The Morgan fingerprint density at radius 2 is 1.78 bits per heavy atom. The normalized spacial score (nSPS) is 30.4. The molecule has 2 saturated carbocycles. The summed E-state index contributed by atoms with van der Waals surface area (Å²) in [5.41, 5.74) is 0.107. The Bertz CT molecular complexity index is 806. The van der Waals surface area contributed by atoms with E-state index in [1.807, 2.05) is 30.3 Å². The number of ether oxygens (including phenoxy) is 1. The fourth-order valence-corrected chi connectivity index (χ4v) is 5.04. The van der Waals surface area contributed by atoms with E-state index in [0.29, 0.717) is 35.3 Å². The summed E-state index contributed by atoms with van der Waals surface area (Å²) in [6.45, 7) is 0. The first kappa shape index (κ1) is 18.5. The maximum absolute atomic E-state index is 12.8. The molecule has 0 aromatic heterocycles. The monoisotopic (exact) mass is 384 g/mol. The summed E-state index contributed by atoms with van der Waals surface area (Å²) in [5, 5.41) is 12.2. The van der Waals surface area contributed by atoms with Gasteiger partial charge in [-0.05, 0) is 48.4 Å². The Balaban J connectivity index is 1.63. The Labute approximate surface area is 165 Å². The van der Waals surface area contributed by atoms with Gasteiger partial charge in [-0.3, -0.25) is 0 Å². The van der Waals surface area contributed by atoms with Crippen LogP contribution >= 0.6 is 11.6 Å². The van der Waals surface area contributed by atoms with E-state index in [-0.39, 0.29) is 0 Å². The van der Waals surface area contributed by atoms with Crippen molar-refractivity contribution in [1.82, 2.24) is 0 Å². The Hall–Kier alpha value is -1.84. The molecule has 4 atom stereocenters. The lowest BCUT2D eigenvalue weighted by Gasteiger charge is -2.48. The highest BCUT2D eigenvalue weighted by atomic mass is 35.5. The fraction of sp³-hybridized carbons (Fsp3) is 0.435. The topological polar surface area (TPSA) is 46.5 Å². The Morgan fingerprint density at radius 3 is 2.52 bits per heavy atom. The molecule has 142 valence electrons. The van der Waals surface area contributed by atoms with Crippen molar-refractivity contribution in [2.24, 2.45) is 11.8 Å². The quantitative estimate of drug-likeness (QED) is 0.725. The SMILES string of the molecule is O=C(OC1CC2CCCCC2CC1(O)c1ccccc1)c1cccc(Cl)c1. The third-order valence-electron chi connectivity index (χ3n) is 6.27. The van der Waals surface area contributed by atoms with Crippen LogP contribution in [-0.4, -0.2) is 17.2 Å². The van der Waals surface area contributed by atoms with Gasteiger partial charge in [-0.1, -0.05) is 73.7 Å². The summed E-state index contributed by atoms with van der Waals surface area (Å²) in [5.74, 6) is 0.580. The number of carbonyl (C=O) groups excluding carboxylic acids is 1. The molecule has 4 unspecified atom stereocenters. The minimum Gasteiger partial charge on any atom is -0.455 e. The molecule has 3 nitrogen and oxygen atoms in total. The minimum absolute atomic E-state index is 0.420. The van der Waals surface area contributed by atoms with Crippen molar-refractivity contribution < 1.29 is 14.6 Å². The lowest BCUT2D eigenvalue weighted by Crippen LogP contribution is -2.50. The molecule has 27 heavy (non-hydrogen) atoms. The fourth-order valence-electron chi connectivity index (χ4n) is 4.85. The van der Waals surface area contributed by atoms with Crippen LogP contribution in [0.25, 0.3) is 0 Å². The van der Waals surface area contributed by atoms with Gasteiger partial charge < -0.3 is 9.84 Å². The zero-order chi connectivity index (χ0) is 18.9. The largest absolute Gasteiger partial charge is 0.455 e. The van der Waals surface area contributed by atoms with E-state index in [9.17, 15) is 9.90 Å². The van der Waals surface area contributed by atoms with E-state index in [1.54, 1.807) is 24.3 Å². The Kier molecular flexibility index (Phi) is 5.25. The van der Waals surface area contributed by atoms with Crippen molar-refractivity contribution in [3.05, 3.63) is 70.7 Å². The van der Waals surface area contributed by atoms with Crippen LogP contribution in [0.1, 0.15) is 54.4 Å². The zero-order valence-electron chi connectivity index (χ0n) is 15.3. The second-order valence-corrected chi connectivity index (χ2v) is 8.38. The van der Waals surface area contributed by atoms with Gasteiger partial charge in [0.05, 0.1) is 5.56 Å². The molecule has 4 heteroatoms. The first-order valence-electron chi connectivity index (χ1n) is 9.81. The van der Waals surface area contributed by atoms with Crippen molar-refractivity contribution in [1.29, 1.82) is 0 Å². The standard InChI is InChI=1S/C23H25ClO3/c24-20-12-6-9-17(13-20)22(25)27-21-14-16-7-4-5-8-18(16)15-23(21,26)19-10-2-1-3-11-19/h1-3,6,9-13,16,18,21,26H,4-5,7-8,14-15H2. The van der Waals surface area contributed by atoms with Gasteiger partial charge in [0.2, 0.25) is 0 Å². The van der Waals surface area contributed by atoms with Crippen molar-refractivity contribution in [2.45, 2.75) is 50.2 Å². The number of carbonyl (C=O) groups is 1. The molecule has 0 heterocycles.